The Morgan fingerprint density at radius 1 is 0.812 bits per heavy atom. The molecule has 0 spiro atoms. The van der Waals surface area contributed by atoms with Gasteiger partial charge in [0.25, 0.3) is 0 Å². The number of hydrogen-bond acceptors (Lipinski definition) is 0. The Balaban J connectivity index is 2.63. The van der Waals surface area contributed by atoms with Crippen molar-refractivity contribution >= 4 is 34.8 Å². The minimum absolute atomic E-state index is 0.537. The molecule has 0 nitrogen and oxygen atoms in total. The molecule has 2 rings (SSSR count). The Labute approximate surface area is 110 Å². The van der Waals surface area contributed by atoms with E-state index in [0.29, 0.717) is 15.1 Å². The molecule has 0 bridgehead atoms. The summed E-state index contributed by atoms with van der Waals surface area (Å²) >= 11 is 18.3. The summed E-state index contributed by atoms with van der Waals surface area (Å²) in [5, 5.41) is 1.76. The van der Waals surface area contributed by atoms with E-state index in [2.05, 4.69) is 0 Å². The first-order valence-electron chi connectivity index (χ1n) is 4.80. The lowest BCUT2D eigenvalue weighted by atomic mass is 10.0. The van der Waals surface area contributed by atoms with Crippen LogP contribution in [0, 0.1) is 6.92 Å². The molecule has 3 heteroatoms. The lowest BCUT2D eigenvalue weighted by Crippen LogP contribution is -1.83. The average Bonchev–Trinajstić information content (AvgIpc) is 2.23. The van der Waals surface area contributed by atoms with Gasteiger partial charge < -0.3 is 0 Å². The highest BCUT2D eigenvalue weighted by Crippen LogP contribution is 2.37. The molecule has 0 N–H and O–H groups in total. The molecular weight excluding hydrogens is 263 g/mol. The van der Waals surface area contributed by atoms with Gasteiger partial charge in [-0.2, -0.15) is 0 Å². The summed E-state index contributed by atoms with van der Waals surface area (Å²) in [7, 11) is 0. The maximum atomic E-state index is 6.19. The van der Waals surface area contributed by atoms with E-state index in [0.717, 1.165) is 16.7 Å². The second kappa shape index (κ2) is 4.67. The van der Waals surface area contributed by atoms with Crippen molar-refractivity contribution in [3.8, 4) is 11.1 Å². The van der Waals surface area contributed by atoms with Crippen LogP contribution in [0.4, 0.5) is 0 Å². The fraction of sp³-hybridized carbons (Fsp3) is 0.0769. The fourth-order valence-electron chi connectivity index (χ4n) is 1.55. The maximum Gasteiger partial charge on any atom is 0.0671 e. The smallest absolute Gasteiger partial charge is 0.0671 e. The van der Waals surface area contributed by atoms with Gasteiger partial charge in [0.15, 0.2) is 0 Å². The van der Waals surface area contributed by atoms with Gasteiger partial charge in [0, 0.05) is 16.1 Å². The summed E-state index contributed by atoms with van der Waals surface area (Å²) in [5.41, 5.74) is 2.88. The minimum Gasteiger partial charge on any atom is -0.0837 e. The van der Waals surface area contributed by atoms with Crippen molar-refractivity contribution in [2.24, 2.45) is 0 Å². The Kier molecular flexibility index (Phi) is 3.44. The van der Waals surface area contributed by atoms with E-state index in [1.165, 1.54) is 0 Å². The minimum atomic E-state index is 0.537. The van der Waals surface area contributed by atoms with Crippen molar-refractivity contribution in [2.45, 2.75) is 6.92 Å². The SMILES string of the molecule is Cc1ccc(-c2cccc(Cl)c2Cl)c(Cl)c1. The Bertz CT molecular complexity index is 533. The van der Waals surface area contributed by atoms with Gasteiger partial charge in [0.2, 0.25) is 0 Å². The van der Waals surface area contributed by atoms with E-state index in [9.17, 15) is 0 Å². The third-order valence-electron chi connectivity index (χ3n) is 2.37. The third kappa shape index (κ3) is 2.20. The van der Waals surface area contributed by atoms with E-state index in [1.807, 2.05) is 37.3 Å². The van der Waals surface area contributed by atoms with Gasteiger partial charge in [-0.15, -0.1) is 0 Å². The lowest BCUT2D eigenvalue weighted by molar-refractivity contribution is 1.47. The normalized spacial score (nSPS) is 10.5. The quantitative estimate of drug-likeness (QED) is 0.631. The Morgan fingerprint density at radius 3 is 2.25 bits per heavy atom. The average molecular weight is 272 g/mol. The highest BCUT2D eigenvalue weighted by atomic mass is 35.5. The van der Waals surface area contributed by atoms with E-state index < -0.39 is 0 Å². The summed E-state index contributed by atoms with van der Waals surface area (Å²) in [6.07, 6.45) is 0. The summed E-state index contributed by atoms with van der Waals surface area (Å²) < 4.78 is 0. The molecule has 0 heterocycles. The standard InChI is InChI=1S/C13H9Cl3/c1-8-5-6-9(12(15)7-8)10-3-2-4-11(14)13(10)16/h2-7H,1H3. The number of hydrogen-bond donors (Lipinski definition) is 0. The molecule has 0 radical (unpaired) electrons. The van der Waals surface area contributed by atoms with Crippen LogP contribution in [0.3, 0.4) is 0 Å². The summed E-state index contributed by atoms with van der Waals surface area (Å²) in [6, 6.07) is 11.4. The first-order valence-corrected chi connectivity index (χ1v) is 5.93. The van der Waals surface area contributed by atoms with Crippen LogP contribution >= 0.6 is 34.8 Å². The van der Waals surface area contributed by atoms with E-state index in [1.54, 1.807) is 6.07 Å². The first-order chi connectivity index (χ1) is 7.59. The molecule has 0 unspecified atom stereocenters. The van der Waals surface area contributed by atoms with E-state index >= 15 is 0 Å². The van der Waals surface area contributed by atoms with Crippen LogP contribution in [0.2, 0.25) is 15.1 Å². The Hall–Kier alpha value is -0.690. The predicted molar refractivity (Wildman–Crippen MR) is 71.6 cm³/mol. The first kappa shape index (κ1) is 11.8. The van der Waals surface area contributed by atoms with Crippen LogP contribution in [-0.4, -0.2) is 0 Å². The van der Waals surface area contributed by atoms with Crippen LogP contribution in [0.5, 0.6) is 0 Å². The fourth-order valence-corrected chi connectivity index (χ4v) is 2.29. The molecule has 0 aliphatic carbocycles. The molecule has 82 valence electrons. The van der Waals surface area contributed by atoms with Crippen molar-refractivity contribution in [1.29, 1.82) is 0 Å². The molecule has 0 fully saturated rings. The van der Waals surface area contributed by atoms with Crippen molar-refractivity contribution in [1.82, 2.24) is 0 Å². The van der Waals surface area contributed by atoms with Crippen LogP contribution in [-0.2, 0) is 0 Å². The molecule has 0 saturated heterocycles. The highest BCUT2D eigenvalue weighted by Gasteiger charge is 2.09. The number of benzene rings is 2. The molecule has 16 heavy (non-hydrogen) atoms. The van der Waals surface area contributed by atoms with Gasteiger partial charge in [-0.25, -0.2) is 0 Å². The molecule has 2 aromatic rings. The molecule has 0 aliphatic rings. The van der Waals surface area contributed by atoms with Crippen molar-refractivity contribution in [2.75, 3.05) is 0 Å². The van der Waals surface area contributed by atoms with E-state index in [-0.39, 0.29) is 0 Å². The van der Waals surface area contributed by atoms with Crippen molar-refractivity contribution in [3.63, 3.8) is 0 Å². The van der Waals surface area contributed by atoms with Gasteiger partial charge >= 0.3 is 0 Å². The largest absolute Gasteiger partial charge is 0.0837 e. The monoisotopic (exact) mass is 270 g/mol. The van der Waals surface area contributed by atoms with E-state index in [4.69, 9.17) is 34.8 Å². The second-order valence-electron chi connectivity index (χ2n) is 3.58. The van der Waals surface area contributed by atoms with Gasteiger partial charge in [-0.1, -0.05) is 59.1 Å². The number of rotatable bonds is 1. The summed E-state index contributed by atoms with van der Waals surface area (Å²) in [6.45, 7) is 2.00. The highest BCUT2D eigenvalue weighted by molar-refractivity contribution is 6.44. The molecule has 0 aliphatic heterocycles. The maximum absolute atomic E-state index is 6.19. The molecule has 0 amide bonds. The van der Waals surface area contributed by atoms with Crippen LogP contribution in [0.25, 0.3) is 11.1 Å². The van der Waals surface area contributed by atoms with Crippen molar-refractivity contribution in [3.05, 3.63) is 57.0 Å². The van der Waals surface area contributed by atoms with Gasteiger partial charge in [-0.05, 0) is 24.6 Å². The molecule has 0 atom stereocenters. The summed E-state index contributed by atoms with van der Waals surface area (Å²) in [5.74, 6) is 0. The summed E-state index contributed by atoms with van der Waals surface area (Å²) in [4.78, 5) is 0. The van der Waals surface area contributed by atoms with Crippen molar-refractivity contribution < 1.29 is 0 Å². The molecule has 0 saturated carbocycles. The lowest BCUT2D eigenvalue weighted by Gasteiger charge is -2.08. The number of aryl methyl sites for hydroxylation is 1. The second-order valence-corrected chi connectivity index (χ2v) is 4.78. The van der Waals surface area contributed by atoms with Gasteiger partial charge in [0.05, 0.1) is 10.0 Å². The van der Waals surface area contributed by atoms with Gasteiger partial charge in [-0.3, -0.25) is 0 Å². The van der Waals surface area contributed by atoms with Gasteiger partial charge in [0.1, 0.15) is 0 Å². The van der Waals surface area contributed by atoms with Crippen LogP contribution in [0.15, 0.2) is 36.4 Å². The molecule has 2 aromatic carbocycles. The predicted octanol–water partition coefficient (Wildman–Crippen LogP) is 5.62. The van der Waals surface area contributed by atoms with Crippen LogP contribution in [0.1, 0.15) is 5.56 Å². The molecular formula is C13H9Cl3. The topological polar surface area (TPSA) is 0 Å². The number of halogens is 3. The van der Waals surface area contributed by atoms with Crippen LogP contribution < -0.4 is 0 Å². The third-order valence-corrected chi connectivity index (χ3v) is 3.50. The molecule has 0 aromatic heterocycles. The zero-order valence-electron chi connectivity index (χ0n) is 8.60. The Morgan fingerprint density at radius 2 is 1.56 bits per heavy atom. The zero-order valence-corrected chi connectivity index (χ0v) is 10.9. The zero-order chi connectivity index (χ0) is 11.7.